The number of rotatable bonds is 5. The molecule has 2 aromatic heterocycles. The third kappa shape index (κ3) is 3.88. The van der Waals surface area contributed by atoms with Crippen LogP contribution in [0.3, 0.4) is 0 Å². The maximum absolute atomic E-state index is 13.1. The van der Waals surface area contributed by atoms with Gasteiger partial charge in [0.1, 0.15) is 11.3 Å². The predicted molar refractivity (Wildman–Crippen MR) is 105 cm³/mol. The lowest BCUT2D eigenvalue weighted by molar-refractivity contribution is -0.0257. The van der Waals surface area contributed by atoms with Gasteiger partial charge in [-0.25, -0.2) is 4.98 Å². The molecule has 1 aromatic carbocycles. The maximum atomic E-state index is 13.1. The molecule has 1 saturated heterocycles. The van der Waals surface area contributed by atoms with E-state index in [0.29, 0.717) is 25.4 Å². The summed E-state index contributed by atoms with van der Waals surface area (Å²) in [5, 5.41) is 0. The average Bonchev–Trinajstić information content (AvgIpc) is 3.04. The zero-order chi connectivity index (χ0) is 18.6. The van der Waals surface area contributed by atoms with Crippen LogP contribution in [0.15, 0.2) is 54.7 Å². The van der Waals surface area contributed by atoms with Gasteiger partial charge in [-0.2, -0.15) is 0 Å². The van der Waals surface area contributed by atoms with E-state index in [9.17, 15) is 4.79 Å². The fourth-order valence-corrected chi connectivity index (χ4v) is 3.78. The van der Waals surface area contributed by atoms with Crippen molar-refractivity contribution in [3.63, 3.8) is 0 Å². The smallest absolute Gasteiger partial charge is 0.272 e. The molecule has 5 nitrogen and oxygen atoms in total. The second kappa shape index (κ2) is 7.92. The van der Waals surface area contributed by atoms with Crippen LogP contribution < -0.4 is 0 Å². The second-order valence-corrected chi connectivity index (χ2v) is 7.10. The lowest BCUT2D eigenvalue weighted by Gasteiger charge is -2.33. The number of aryl methyl sites for hydroxylation is 2. The summed E-state index contributed by atoms with van der Waals surface area (Å²) >= 11 is 0. The van der Waals surface area contributed by atoms with Crippen LogP contribution in [-0.4, -0.2) is 46.0 Å². The average molecular weight is 363 g/mol. The van der Waals surface area contributed by atoms with Gasteiger partial charge in [-0.15, -0.1) is 0 Å². The summed E-state index contributed by atoms with van der Waals surface area (Å²) in [5.74, 6) is 0.0440. The Labute approximate surface area is 159 Å². The van der Waals surface area contributed by atoms with E-state index in [4.69, 9.17) is 4.74 Å². The number of imidazole rings is 1. The standard InChI is InChI=1S/C22H25N3O2/c1-17-21(25-13-6-5-12-20(25)23-17)22(26)24-14-15-27-19(16-24)11-7-10-18-8-3-2-4-9-18/h2-6,8-9,12-13,19H,7,10-11,14-16H2,1H3/t19-/m1/s1. The number of carbonyl (C=O) groups excluding carboxylic acids is 1. The first-order valence-electron chi connectivity index (χ1n) is 9.61. The van der Waals surface area contributed by atoms with Crippen molar-refractivity contribution in [1.82, 2.24) is 14.3 Å². The molecule has 5 heteroatoms. The lowest BCUT2D eigenvalue weighted by Crippen LogP contribution is -2.46. The monoisotopic (exact) mass is 363 g/mol. The number of aromatic nitrogens is 2. The Morgan fingerprint density at radius 2 is 2.00 bits per heavy atom. The van der Waals surface area contributed by atoms with Crippen molar-refractivity contribution in [3.05, 3.63) is 71.7 Å². The molecule has 0 saturated carbocycles. The summed E-state index contributed by atoms with van der Waals surface area (Å²) in [6, 6.07) is 16.3. The molecular formula is C22H25N3O2. The highest BCUT2D eigenvalue weighted by Crippen LogP contribution is 2.18. The van der Waals surface area contributed by atoms with Gasteiger partial charge < -0.3 is 9.64 Å². The van der Waals surface area contributed by atoms with Crippen molar-refractivity contribution in [2.24, 2.45) is 0 Å². The number of benzene rings is 1. The molecule has 140 valence electrons. The zero-order valence-corrected chi connectivity index (χ0v) is 15.7. The molecular weight excluding hydrogens is 338 g/mol. The Hall–Kier alpha value is -2.66. The Balaban J connectivity index is 1.40. The first kappa shape index (κ1) is 17.7. The van der Waals surface area contributed by atoms with E-state index in [0.717, 1.165) is 30.6 Å². The number of hydrogen-bond acceptors (Lipinski definition) is 3. The lowest BCUT2D eigenvalue weighted by atomic mass is 10.0. The molecule has 1 aliphatic rings. The van der Waals surface area contributed by atoms with E-state index in [1.807, 2.05) is 46.7 Å². The number of fused-ring (bicyclic) bond motifs is 1. The molecule has 3 aromatic rings. The van der Waals surface area contributed by atoms with Crippen LogP contribution in [0.1, 0.15) is 34.6 Å². The van der Waals surface area contributed by atoms with E-state index >= 15 is 0 Å². The van der Waals surface area contributed by atoms with Crippen molar-refractivity contribution in [2.45, 2.75) is 32.3 Å². The summed E-state index contributed by atoms with van der Waals surface area (Å²) in [4.78, 5) is 19.6. The highest BCUT2D eigenvalue weighted by Gasteiger charge is 2.28. The highest BCUT2D eigenvalue weighted by molar-refractivity contribution is 5.94. The van der Waals surface area contributed by atoms with Crippen LogP contribution >= 0.6 is 0 Å². The van der Waals surface area contributed by atoms with E-state index in [1.165, 1.54) is 5.56 Å². The Morgan fingerprint density at radius 3 is 2.85 bits per heavy atom. The summed E-state index contributed by atoms with van der Waals surface area (Å²) in [6.07, 6.45) is 5.07. The largest absolute Gasteiger partial charge is 0.375 e. The molecule has 0 spiro atoms. The third-order valence-corrected chi connectivity index (χ3v) is 5.17. The SMILES string of the molecule is Cc1nc2ccccn2c1C(=O)N1CCO[C@H](CCCc2ccccc2)C1. The van der Waals surface area contributed by atoms with Crippen LogP contribution in [-0.2, 0) is 11.2 Å². The predicted octanol–water partition coefficient (Wildman–Crippen LogP) is 3.51. The quantitative estimate of drug-likeness (QED) is 0.697. The molecule has 1 amide bonds. The minimum Gasteiger partial charge on any atom is -0.375 e. The normalized spacial score (nSPS) is 17.4. The maximum Gasteiger partial charge on any atom is 0.272 e. The molecule has 0 radical (unpaired) electrons. The number of nitrogens with zero attached hydrogens (tertiary/aromatic N) is 3. The molecule has 27 heavy (non-hydrogen) atoms. The van der Waals surface area contributed by atoms with E-state index in [-0.39, 0.29) is 12.0 Å². The Kier molecular flexibility index (Phi) is 5.21. The zero-order valence-electron chi connectivity index (χ0n) is 15.7. The fourth-order valence-electron chi connectivity index (χ4n) is 3.78. The molecule has 0 N–H and O–H groups in total. The minimum absolute atomic E-state index is 0.0440. The molecule has 0 bridgehead atoms. The van der Waals surface area contributed by atoms with Gasteiger partial charge in [0.2, 0.25) is 0 Å². The number of carbonyl (C=O) groups is 1. The molecule has 1 aliphatic heterocycles. The topological polar surface area (TPSA) is 46.8 Å². The van der Waals surface area contributed by atoms with Crippen molar-refractivity contribution in [1.29, 1.82) is 0 Å². The molecule has 0 aliphatic carbocycles. The van der Waals surface area contributed by atoms with Crippen LogP contribution in [0.4, 0.5) is 0 Å². The van der Waals surface area contributed by atoms with Crippen LogP contribution in [0.25, 0.3) is 5.65 Å². The summed E-state index contributed by atoms with van der Waals surface area (Å²) in [5.41, 5.74) is 3.60. The summed E-state index contributed by atoms with van der Waals surface area (Å²) in [7, 11) is 0. The Morgan fingerprint density at radius 1 is 1.19 bits per heavy atom. The fraction of sp³-hybridized carbons (Fsp3) is 0.364. The minimum atomic E-state index is 0.0440. The molecule has 1 atom stereocenters. The summed E-state index contributed by atoms with van der Waals surface area (Å²) in [6.45, 7) is 3.77. The van der Waals surface area contributed by atoms with Gasteiger partial charge >= 0.3 is 0 Å². The molecule has 3 heterocycles. The summed E-state index contributed by atoms with van der Waals surface area (Å²) < 4.78 is 7.80. The van der Waals surface area contributed by atoms with Crippen LogP contribution in [0.5, 0.6) is 0 Å². The van der Waals surface area contributed by atoms with Gasteiger partial charge in [0, 0.05) is 19.3 Å². The van der Waals surface area contributed by atoms with Crippen molar-refractivity contribution in [3.8, 4) is 0 Å². The number of morpholine rings is 1. The first-order valence-corrected chi connectivity index (χ1v) is 9.61. The van der Waals surface area contributed by atoms with Gasteiger partial charge in [-0.1, -0.05) is 36.4 Å². The van der Waals surface area contributed by atoms with Crippen molar-refractivity contribution < 1.29 is 9.53 Å². The third-order valence-electron chi connectivity index (χ3n) is 5.17. The second-order valence-electron chi connectivity index (χ2n) is 7.10. The van der Waals surface area contributed by atoms with E-state index in [2.05, 4.69) is 29.2 Å². The van der Waals surface area contributed by atoms with Crippen LogP contribution in [0, 0.1) is 6.92 Å². The van der Waals surface area contributed by atoms with Crippen molar-refractivity contribution in [2.75, 3.05) is 19.7 Å². The van der Waals surface area contributed by atoms with Gasteiger partial charge in [0.15, 0.2) is 0 Å². The molecule has 0 unspecified atom stereocenters. The van der Waals surface area contributed by atoms with Gasteiger partial charge in [0.05, 0.1) is 18.4 Å². The number of pyridine rings is 1. The Bertz CT molecular complexity index is 920. The molecule has 4 rings (SSSR count). The molecule has 1 fully saturated rings. The van der Waals surface area contributed by atoms with Gasteiger partial charge in [-0.05, 0) is 43.9 Å². The van der Waals surface area contributed by atoms with E-state index < -0.39 is 0 Å². The first-order chi connectivity index (χ1) is 13.2. The number of hydrogen-bond donors (Lipinski definition) is 0. The van der Waals surface area contributed by atoms with Crippen LogP contribution in [0.2, 0.25) is 0 Å². The van der Waals surface area contributed by atoms with E-state index in [1.54, 1.807) is 0 Å². The number of ether oxygens (including phenoxy) is 1. The highest BCUT2D eigenvalue weighted by atomic mass is 16.5. The van der Waals surface area contributed by atoms with Gasteiger partial charge in [-0.3, -0.25) is 9.20 Å². The number of amides is 1. The van der Waals surface area contributed by atoms with Gasteiger partial charge in [0.25, 0.3) is 5.91 Å². The van der Waals surface area contributed by atoms with Crippen molar-refractivity contribution >= 4 is 11.6 Å².